The summed E-state index contributed by atoms with van der Waals surface area (Å²) in [7, 11) is 1.70. The first kappa shape index (κ1) is 10.5. The summed E-state index contributed by atoms with van der Waals surface area (Å²) in [6.07, 6.45) is 0. The Morgan fingerprint density at radius 3 is 2.56 bits per heavy atom. The average molecular weight is 241 g/mol. The van der Waals surface area contributed by atoms with E-state index in [4.69, 9.17) is 5.73 Å². The number of nitrogens with zero attached hydrogens (tertiary/aromatic N) is 6. The summed E-state index contributed by atoms with van der Waals surface area (Å²) in [4.78, 5) is 1.38. The van der Waals surface area contributed by atoms with Crippen molar-refractivity contribution in [2.24, 2.45) is 7.05 Å². The third kappa shape index (κ3) is 1.71. The molecule has 7 heteroatoms. The Bertz CT molecular complexity index is 668. The molecule has 0 aliphatic carbocycles. The van der Waals surface area contributed by atoms with Crippen molar-refractivity contribution in [1.82, 2.24) is 30.0 Å². The summed E-state index contributed by atoms with van der Waals surface area (Å²) in [5.74, 6) is 0.988. The number of anilines is 1. The van der Waals surface area contributed by atoms with Crippen molar-refractivity contribution in [2.45, 2.75) is 0 Å². The molecule has 0 radical (unpaired) electrons. The Labute approximate surface area is 103 Å². The van der Waals surface area contributed by atoms with Crippen LogP contribution in [-0.4, -0.2) is 30.0 Å². The van der Waals surface area contributed by atoms with Gasteiger partial charge in [0.1, 0.15) is 11.5 Å². The number of rotatable bonds is 2. The van der Waals surface area contributed by atoms with Gasteiger partial charge in [0.2, 0.25) is 5.82 Å². The molecule has 7 nitrogen and oxygen atoms in total. The van der Waals surface area contributed by atoms with Crippen LogP contribution in [0.4, 0.5) is 5.82 Å². The number of aromatic nitrogens is 6. The number of benzene rings is 1. The van der Waals surface area contributed by atoms with E-state index in [9.17, 15) is 0 Å². The highest BCUT2D eigenvalue weighted by Crippen LogP contribution is 2.19. The fourth-order valence-electron chi connectivity index (χ4n) is 1.67. The van der Waals surface area contributed by atoms with Crippen molar-refractivity contribution in [2.75, 3.05) is 5.73 Å². The number of nitrogen functional groups attached to an aromatic ring is 1. The molecule has 0 atom stereocenters. The van der Waals surface area contributed by atoms with Gasteiger partial charge >= 0.3 is 0 Å². The summed E-state index contributed by atoms with van der Waals surface area (Å²) in [5, 5.41) is 16.1. The molecule has 1 aromatic carbocycles. The van der Waals surface area contributed by atoms with Gasteiger partial charge in [-0.2, -0.15) is 9.90 Å². The second-order valence-electron chi connectivity index (χ2n) is 3.80. The Hall–Kier alpha value is -2.70. The molecule has 0 fully saturated rings. The monoisotopic (exact) mass is 241 g/mol. The molecular weight excluding hydrogens is 230 g/mol. The number of aryl methyl sites for hydroxylation is 1. The predicted octanol–water partition coefficient (Wildman–Crippen LogP) is 0.645. The SMILES string of the molecule is Cn1nnc(-c2cc(N)n(-c3ccccc3)n2)n1. The van der Waals surface area contributed by atoms with Crippen LogP contribution in [-0.2, 0) is 7.05 Å². The van der Waals surface area contributed by atoms with Crippen LogP contribution in [0.15, 0.2) is 36.4 Å². The average Bonchev–Trinajstić information content (AvgIpc) is 2.97. The lowest BCUT2D eigenvalue weighted by molar-refractivity contribution is 0.630. The lowest BCUT2D eigenvalue weighted by atomic mass is 10.3. The maximum atomic E-state index is 5.94. The van der Waals surface area contributed by atoms with Crippen molar-refractivity contribution in [3.05, 3.63) is 36.4 Å². The standard InChI is InChI=1S/C11H11N7/c1-17-15-11(13-16-17)9-7-10(12)18(14-9)8-5-3-2-4-6-8/h2-7H,12H2,1H3. The molecule has 3 aromatic rings. The third-order valence-electron chi connectivity index (χ3n) is 2.48. The normalized spacial score (nSPS) is 10.7. The van der Waals surface area contributed by atoms with E-state index in [0.717, 1.165) is 5.69 Å². The zero-order chi connectivity index (χ0) is 12.5. The van der Waals surface area contributed by atoms with Crippen LogP contribution in [0.5, 0.6) is 0 Å². The topological polar surface area (TPSA) is 87.4 Å². The minimum absolute atomic E-state index is 0.457. The second kappa shape index (κ2) is 3.95. The number of nitrogens with two attached hydrogens (primary N) is 1. The molecule has 0 bridgehead atoms. The van der Waals surface area contributed by atoms with E-state index in [1.165, 1.54) is 4.80 Å². The van der Waals surface area contributed by atoms with Crippen LogP contribution in [0.3, 0.4) is 0 Å². The van der Waals surface area contributed by atoms with Crippen molar-refractivity contribution in [1.29, 1.82) is 0 Å². The maximum Gasteiger partial charge on any atom is 0.225 e. The Balaban J connectivity index is 2.06. The van der Waals surface area contributed by atoms with Crippen molar-refractivity contribution in [3.63, 3.8) is 0 Å². The highest BCUT2D eigenvalue weighted by molar-refractivity contribution is 5.56. The van der Waals surface area contributed by atoms with Gasteiger partial charge in [-0.3, -0.25) is 0 Å². The molecule has 0 unspecified atom stereocenters. The van der Waals surface area contributed by atoms with Gasteiger partial charge in [0.05, 0.1) is 12.7 Å². The molecule has 0 saturated heterocycles. The summed E-state index contributed by atoms with van der Waals surface area (Å²) in [6, 6.07) is 11.4. The minimum atomic E-state index is 0.457. The Morgan fingerprint density at radius 2 is 1.89 bits per heavy atom. The molecule has 3 rings (SSSR count). The maximum absolute atomic E-state index is 5.94. The molecule has 0 aliphatic heterocycles. The van der Waals surface area contributed by atoms with E-state index in [0.29, 0.717) is 17.3 Å². The number of para-hydroxylation sites is 1. The number of hydrogen-bond donors (Lipinski definition) is 1. The first-order valence-corrected chi connectivity index (χ1v) is 5.39. The largest absolute Gasteiger partial charge is 0.384 e. The first-order valence-electron chi connectivity index (χ1n) is 5.39. The lowest BCUT2D eigenvalue weighted by Crippen LogP contribution is -2.01. The molecule has 2 heterocycles. The Kier molecular flexibility index (Phi) is 2.30. The van der Waals surface area contributed by atoms with Crippen molar-refractivity contribution in [3.8, 4) is 17.2 Å². The number of hydrogen-bond acceptors (Lipinski definition) is 5. The predicted molar refractivity (Wildman–Crippen MR) is 65.8 cm³/mol. The summed E-state index contributed by atoms with van der Waals surface area (Å²) in [5.41, 5.74) is 7.43. The van der Waals surface area contributed by atoms with Gasteiger partial charge < -0.3 is 5.73 Å². The number of tetrazole rings is 1. The van der Waals surface area contributed by atoms with Crippen molar-refractivity contribution >= 4 is 5.82 Å². The van der Waals surface area contributed by atoms with Gasteiger partial charge in [-0.25, -0.2) is 4.68 Å². The van der Waals surface area contributed by atoms with E-state index in [-0.39, 0.29) is 0 Å². The van der Waals surface area contributed by atoms with E-state index in [1.54, 1.807) is 17.8 Å². The summed E-state index contributed by atoms with van der Waals surface area (Å²) in [6.45, 7) is 0. The molecule has 0 aliphatic rings. The fraction of sp³-hybridized carbons (Fsp3) is 0.0909. The minimum Gasteiger partial charge on any atom is -0.384 e. The molecule has 2 N–H and O–H groups in total. The smallest absolute Gasteiger partial charge is 0.225 e. The first-order chi connectivity index (χ1) is 8.74. The van der Waals surface area contributed by atoms with Gasteiger partial charge in [0, 0.05) is 6.07 Å². The molecule has 0 spiro atoms. The van der Waals surface area contributed by atoms with Crippen LogP contribution in [0, 0.1) is 0 Å². The molecular formula is C11H11N7. The van der Waals surface area contributed by atoms with Gasteiger partial charge in [0.25, 0.3) is 0 Å². The van der Waals surface area contributed by atoms with Gasteiger partial charge in [-0.05, 0) is 17.3 Å². The van der Waals surface area contributed by atoms with Crippen molar-refractivity contribution < 1.29 is 0 Å². The molecule has 0 saturated carbocycles. The molecule has 2 aromatic heterocycles. The second-order valence-corrected chi connectivity index (χ2v) is 3.80. The van der Waals surface area contributed by atoms with Crippen LogP contribution in [0.1, 0.15) is 0 Å². The fourth-order valence-corrected chi connectivity index (χ4v) is 1.67. The summed E-state index contributed by atoms with van der Waals surface area (Å²) >= 11 is 0. The zero-order valence-corrected chi connectivity index (χ0v) is 9.72. The van der Waals surface area contributed by atoms with Gasteiger partial charge in [-0.15, -0.1) is 10.2 Å². The van der Waals surface area contributed by atoms with E-state index in [2.05, 4.69) is 20.5 Å². The zero-order valence-electron chi connectivity index (χ0n) is 9.72. The van der Waals surface area contributed by atoms with Crippen LogP contribution < -0.4 is 5.73 Å². The molecule has 90 valence electrons. The summed E-state index contributed by atoms with van der Waals surface area (Å²) < 4.78 is 1.64. The van der Waals surface area contributed by atoms with Crippen LogP contribution >= 0.6 is 0 Å². The van der Waals surface area contributed by atoms with E-state index >= 15 is 0 Å². The third-order valence-corrected chi connectivity index (χ3v) is 2.48. The highest BCUT2D eigenvalue weighted by Gasteiger charge is 2.12. The lowest BCUT2D eigenvalue weighted by Gasteiger charge is -2.01. The van der Waals surface area contributed by atoms with Crippen LogP contribution in [0.2, 0.25) is 0 Å². The molecule has 18 heavy (non-hydrogen) atoms. The molecule has 0 amide bonds. The van der Waals surface area contributed by atoms with E-state index < -0.39 is 0 Å². The van der Waals surface area contributed by atoms with Gasteiger partial charge in [0.15, 0.2) is 0 Å². The quantitative estimate of drug-likeness (QED) is 0.711. The Morgan fingerprint density at radius 1 is 1.11 bits per heavy atom. The van der Waals surface area contributed by atoms with E-state index in [1.807, 2.05) is 30.3 Å². The van der Waals surface area contributed by atoms with Gasteiger partial charge in [-0.1, -0.05) is 18.2 Å². The highest BCUT2D eigenvalue weighted by atomic mass is 15.6. The van der Waals surface area contributed by atoms with Crippen LogP contribution in [0.25, 0.3) is 17.2 Å².